The summed E-state index contributed by atoms with van der Waals surface area (Å²) >= 11 is 3.39. The molecule has 0 fully saturated rings. The Balaban J connectivity index is 2.14. The van der Waals surface area contributed by atoms with Crippen LogP contribution in [-0.2, 0) is 4.79 Å². The van der Waals surface area contributed by atoms with Gasteiger partial charge in [-0.3, -0.25) is 4.79 Å². The highest BCUT2D eigenvalue weighted by Crippen LogP contribution is 2.20. The highest BCUT2D eigenvalue weighted by atomic mass is 79.9. The third-order valence-corrected chi connectivity index (χ3v) is 3.72. The predicted molar refractivity (Wildman–Crippen MR) is 94.0 cm³/mol. The molecular formula is C18H15BrN2O2. The maximum absolute atomic E-state index is 12.2. The molecule has 2 aromatic rings. The molecule has 0 aliphatic carbocycles. The van der Waals surface area contributed by atoms with Crippen molar-refractivity contribution >= 4 is 33.6 Å². The summed E-state index contributed by atoms with van der Waals surface area (Å²) in [5.74, 6) is 0.280. The van der Waals surface area contributed by atoms with Crippen molar-refractivity contribution < 1.29 is 9.53 Å². The largest absolute Gasteiger partial charge is 0.494 e. The molecule has 0 radical (unpaired) electrons. The fraction of sp³-hybridized carbons (Fsp3) is 0.111. The van der Waals surface area contributed by atoms with Crippen molar-refractivity contribution in [3.8, 4) is 11.8 Å². The molecule has 0 aliphatic rings. The summed E-state index contributed by atoms with van der Waals surface area (Å²) in [5, 5.41) is 11.9. The molecule has 2 rings (SSSR count). The minimum Gasteiger partial charge on any atom is -0.494 e. The van der Waals surface area contributed by atoms with E-state index in [1.54, 1.807) is 30.3 Å². The summed E-state index contributed by atoms with van der Waals surface area (Å²) in [4.78, 5) is 12.2. The second-order valence-electron chi connectivity index (χ2n) is 4.60. The van der Waals surface area contributed by atoms with Crippen LogP contribution in [0.2, 0.25) is 0 Å². The van der Waals surface area contributed by atoms with Gasteiger partial charge in [0, 0.05) is 10.2 Å². The van der Waals surface area contributed by atoms with Crippen molar-refractivity contribution in [1.82, 2.24) is 0 Å². The first-order valence-electron chi connectivity index (χ1n) is 7.04. The average Bonchev–Trinajstić information content (AvgIpc) is 2.56. The standard InChI is InChI=1S/C18H15BrN2O2/c1-2-23-16-9-7-15(8-10-16)21-18(22)14(12-20)11-13-5-3-4-6-17(13)19/h3-11H,2H2,1H3,(H,21,22)/b14-11-. The zero-order valence-electron chi connectivity index (χ0n) is 12.5. The summed E-state index contributed by atoms with van der Waals surface area (Å²) in [6.07, 6.45) is 1.55. The number of hydrogen-bond acceptors (Lipinski definition) is 3. The maximum atomic E-state index is 12.2. The van der Waals surface area contributed by atoms with Crippen LogP contribution in [0.4, 0.5) is 5.69 Å². The van der Waals surface area contributed by atoms with Crippen LogP contribution in [0.1, 0.15) is 12.5 Å². The molecule has 0 unspecified atom stereocenters. The molecule has 4 nitrogen and oxygen atoms in total. The summed E-state index contributed by atoms with van der Waals surface area (Å²) < 4.78 is 6.17. The van der Waals surface area contributed by atoms with Gasteiger partial charge in [0.1, 0.15) is 17.4 Å². The van der Waals surface area contributed by atoms with Crippen molar-refractivity contribution in [2.45, 2.75) is 6.92 Å². The predicted octanol–water partition coefficient (Wildman–Crippen LogP) is 4.39. The first-order valence-corrected chi connectivity index (χ1v) is 7.84. The Hall–Kier alpha value is -2.58. The number of nitriles is 1. The van der Waals surface area contributed by atoms with E-state index in [1.165, 1.54) is 0 Å². The second-order valence-corrected chi connectivity index (χ2v) is 5.46. The highest BCUT2D eigenvalue weighted by Gasteiger charge is 2.10. The lowest BCUT2D eigenvalue weighted by Gasteiger charge is -2.07. The lowest BCUT2D eigenvalue weighted by Crippen LogP contribution is -2.13. The van der Waals surface area contributed by atoms with E-state index in [9.17, 15) is 10.1 Å². The van der Waals surface area contributed by atoms with Crippen LogP contribution in [0, 0.1) is 11.3 Å². The first kappa shape index (κ1) is 16.8. The van der Waals surface area contributed by atoms with Gasteiger partial charge < -0.3 is 10.1 Å². The number of halogens is 1. The number of benzene rings is 2. The van der Waals surface area contributed by atoms with Gasteiger partial charge >= 0.3 is 0 Å². The molecule has 0 atom stereocenters. The number of amides is 1. The van der Waals surface area contributed by atoms with Crippen LogP contribution in [0.3, 0.4) is 0 Å². The number of nitrogens with zero attached hydrogens (tertiary/aromatic N) is 1. The fourth-order valence-corrected chi connectivity index (χ4v) is 2.30. The monoisotopic (exact) mass is 370 g/mol. The van der Waals surface area contributed by atoms with E-state index in [-0.39, 0.29) is 5.57 Å². The third kappa shape index (κ3) is 4.70. The van der Waals surface area contributed by atoms with Gasteiger partial charge in [-0.15, -0.1) is 0 Å². The molecule has 1 N–H and O–H groups in total. The van der Waals surface area contributed by atoms with Gasteiger partial charge in [0.15, 0.2) is 0 Å². The minimum absolute atomic E-state index is 0.0331. The van der Waals surface area contributed by atoms with Gasteiger partial charge in [-0.05, 0) is 48.9 Å². The molecule has 116 valence electrons. The van der Waals surface area contributed by atoms with Crippen LogP contribution in [0.15, 0.2) is 58.6 Å². The summed E-state index contributed by atoms with van der Waals surface area (Å²) in [6, 6.07) is 16.3. The topological polar surface area (TPSA) is 62.1 Å². The Labute approximate surface area is 143 Å². The molecule has 2 aromatic carbocycles. The molecule has 5 heteroatoms. The lowest BCUT2D eigenvalue weighted by molar-refractivity contribution is -0.112. The molecule has 0 bridgehead atoms. The van der Waals surface area contributed by atoms with Crippen molar-refractivity contribution in [3.05, 3.63) is 64.1 Å². The molecule has 0 heterocycles. The molecule has 0 saturated heterocycles. The molecule has 0 aliphatic heterocycles. The zero-order chi connectivity index (χ0) is 16.7. The van der Waals surface area contributed by atoms with Crippen LogP contribution in [0.5, 0.6) is 5.75 Å². The van der Waals surface area contributed by atoms with Gasteiger partial charge in [0.25, 0.3) is 5.91 Å². The second kappa shape index (κ2) is 8.16. The van der Waals surface area contributed by atoms with E-state index < -0.39 is 5.91 Å². The number of rotatable bonds is 5. The van der Waals surface area contributed by atoms with E-state index in [2.05, 4.69) is 21.2 Å². The van der Waals surface area contributed by atoms with Crippen molar-refractivity contribution in [3.63, 3.8) is 0 Å². The SMILES string of the molecule is CCOc1ccc(NC(=O)/C(C#N)=C\c2ccccc2Br)cc1. The van der Waals surface area contributed by atoms with Crippen LogP contribution < -0.4 is 10.1 Å². The summed E-state index contributed by atoms with van der Waals surface area (Å²) in [5.41, 5.74) is 1.41. The number of nitrogens with one attached hydrogen (secondary N) is 1. The quantitative estimate of drug-likeness (QED) is 0.626. The van der Waals surface area contributed by atoms with E-state index >= 15 is 0 Å². The van der Waals surface area contributed by atoms with E-state index in [1.807, 2.05) is 37.3 Å². The molecule has 0 aromatic heterocycles. The lowest BCUT2D eigenvalue weighted by atomic mass is 10.1. The van der Waals surface area contributed by atoms with E-state index in [0.29, 0.717) is 12.3 Å². The first-order chi connectivity index (χ1) is 11.1. The van der Waals surface area contributed by atoms with Crippen LogP contribution >= 0.6 is 15.9 Å². The molecule has 23 heavy (non-hydrogen) atoms. The van der Waals surface area contributed by atoms with E-state index in [0.717, 1.165) is 15.8 Å². The average molecular weight is 371 g/mol. The minimum atomic E-state index is -0.451. The van der Waals surface area contributed by atoms with Gasteiger partial charge in [-0.25, -0.2) is 0 Å². The Morgan fingerprint density at radius 1 is 1.26 bits per heavy atom. The number of hydrogen-bond donors (Lipinski definition) is 1. The maximum Gasteiger partial charge on any atom is 0.266 e. The molecule has 0 saturated carbocycles. The number of ether oxygens (including phenoxy) is 1. The van der Waals surface area contributed by atoms with Crippen molar-refractivity contribution in [2.24, 2.45) is 0 Å². The third-order valence-electron chi connectivity index (χ3n) is 2.99. The van der Waals surface area contributed by atoms with Crippen molar-refractivity contribution in [2.75, 3.05) is 11.9 Å². The summed E-state index contributed by atoms with van der Waals surface area (Å²) in [6.45, 7) is 2.49. The Morgan fingerprint density at radius 2 is 1.96 bits per heavy atom. The van der Waals surface area contributed by atoms with Gasteiger partial charge in [0.05, 0.1) is 6.61 Å². The van der Waals surface area contributed by atoms with Gasteiger partial charge in [0.2, 0.25) is 0 Å². The molecular weight excluding hydrogens is 356 g/mol. The van der Waals surface area contributed by atoms with Gasteiger partial charge in [-0.1, -0.05) is 34.1 Å². The normalized spacial score (nSPS) is 10.7. The Morgan fingerprint density at radius 3 is 2.57 bits per heavy atom. The highest BCUT2D eigenvalue weighted by molar-refractivity contribution is 9.10. The Bertz CT molecular complexity index is 761. The smallest absolute Gasteiger partial charge is 0.266 e. The number of carbonyl (C=O) groups is 1. The van der Waals surface area contributed by atoms with Crippen molar-refractivity contribution in [1.29, 1.82) is 5.26 Å². The number of anilines is 1. The molecule has 0 spiro atoms. The molecule has 1 amide bonds. The number of carbonyl (C=O) groups excluding carboxylic acids is 1. The van der Waals surface area contributed by atoms with Gasteiger partial charge in [-0.2, -0.15) is 5.26 Å². The Kier molecular flexibility index (Phi) is 5.95. The van der Waals surface area contributed by atoms with E-state index in [4.69, 9.17) is 4.74 Å². The van der Waals surface area contributed by atoms with Crippen LogP contribution in [0.25, 0.3) is 6.08 Å². The zero-order valence-corrected chi connectivity index (χ0v) is 14.1. The summed E-state index contributed by atoms with van der Waals surface area (Å²) in [7, 11) is 0. The van der Waals surface area contributed by atoms with Crippen LogP contribution in [-0.4, -0.2) is 12.5 Å². The fourth-order valence-electron chi connectivity index (χ4n) is 1.90.